The largest absolute Gasteiger partial charge is 0.481 e. The van der Waals surface area contributed by atoms with Gasteiger partial charge in [0.2, 0.25) is 5.91 Å². The van der Waals surface area contributed by atoms with Crippen molar-refractivity contribution in [3.8, 4) is 0 Å². The Morgan fingerprint density at radius 3 is 2.38 bits per heavy atom. The molecule has 6 nitrogen and oxygen atoms in total. The SMILES string of the molecule is COC(=O)CNC(=O)C(C)C(=O)O. The highest BCUT2D eigenvalue weighted by atomic mass is 16.5. The molecule has 0 aliphatic heterocycles. The highest BCUT2D eigenvalue weighted by Gasteiger charge is 2.20. The molecule has 0 heterocycles. The molecule has 0 aromatic carbocycles. The lowest BCUT2D eigenvalue weighted by atomic mass is 10.2. The maximum atomic E-state index is 10.9. The van der Waals surface area contributed by atoms with E-state index in [4.69, 9.17) is 5.11 Å². The summed E-state index contributed by atoms with van der Waals surface area (Å²) in [4.78, 5) is 31.7. The molecule has 0 bridgehead atoms. The van der Waals surface area contributed by atoms with Crippen LogP contribution >= 0.6 is 0 Å². The van der Waals surface area contributed by atoms with Crippen LogP contribution in [0.1, 0.15) is 6.92 Å². The van der Waals surface area contributed by atoms with E-state index in [1.807, 2.05) is 0 Å². The van der Waals surface area contributed by atoms with Crippen molar-refractivity contribution in [3.05, 3.63) is 0 Å². The van der Waals surface area contributed by atoms with E-state index in [1.165, 1.54) is 14.0 Å². The van der Waals surface area contributed by atoms with Gasteiger partial charge in [0.25, 0.3) is 0 Å². The summed E-state index contributed by atoms with van der Waals surface area (Å²) in [6.45, 7) is 0.919. The Kier molecular flexibility index (Phi) is 4.50. The molecule has 0 aromatic rings. The number of amides is 1. The number of ether oxygens (including phenoxy) is 1. The number of aliphatic carboxylic acids is 1. The number of rotatable bonds is 4. The number of carboxylic acids is 1. The monoisotopic (exact) mass is 189 g/mol. The smallest absolute Gasteiger partial charge is 0.325 e. The van der Waals surface area contributed by atoms with E-state index in [0.717, 1.165) is 0 Å². The first kappa shape index (κ1) is 11.4. The van der Waals surface area contributed by atoms with E-state index < -0.39 is 23.8 Å². The highest BCUT2D eigenvalue weighted by Crippen LogP contribution is 1.93. The van der Waals surface area contributed by atoms with E-state index in [9.17, 15) is 14.4 Å². The maximum absolute atomic E-state index is 10.9. The molecule has 0 aliphatic rings. The molecule has 2 N–H and O–H groups in total. The predicted octanol–water partition coefficient (Wildman–Crippen LogP) is -1.00. The molecule has 74 valence electrons. The first-order chi connectivity index (χ1) is 5.99. The van der Waals surface area contributed by atoms with Crippen molar-refractivity contribution >= 4 is 17.8 Å². The zero-order valence-corrected chi connectivity index (χ0v) is 7.36. The van der Waals surface area contributed by atoms with Crippen LogP contribution in [-0.2, 0) is 19.1 Å². The molecule has 0 fully saturated rings. The fourth-order valence-corrected chi connectivity index (χ4v) is 0.497. The Bertz CT molecular complexity index is 225. The van der Waals surface area contributed by atoms with Crippen LogP contribution in [0.15, 0.2) is 0 Å². The summed E-state index contributed by atoms with van der Waals surface area (Å²) < 4.78 is 4.24. The molecule has 0 radical (unpaired) electrons. The van der Waals surface area contributed by atoms with Gasteiger partial charge in [-0.05, 0) is 6.92 Å². The third-order valence-electron chi connectivity index (χ3n) is 1.40. The summed E-state index contributed by atoms with van der Waals surface area (Å²) in [6.07, 6.45) is 0. The lowest BCUT2D eigenvalue weighted by Crippen LogP contribution is -2.37. The second-order valence-corrected chi connectivity index (χ2v) is 2.35. The lowest BCUT2D eigenvalue weighted by Gasteiger charge is -2.06. The molecule has 1 atom stereocenters. The fraction of sp³-hybridized carbons (Fsp3) is 0.571. The van der Waals surface area contributed by atoms with Crippen LogP contribution in [0.25, 0.3) is 0 Å². The van der Waals surface area contributed by atoms with E-state index in [0.29, 0.717) is 0 Å². The Morgan fingerprint density at radius 1 is 1.46 bits per heavy atom. The summed E-state index contributed by atoms with van der Waals surface area (Å²) >= 11 is 0. The van der Waals surface area contributed by atoms with Crippen molar-refractivity contribution in [1.29, 1.82) is 0 Å². The Hall–Kier alpha value is -1.59. The Balaban J connectivity index is 3.88. The molecule has 0 spiro atoms. The fourth-order valence-electron chi connectivity index (χ4n) is 0.497. The third-order valence-corrected chi connectivity index (χ3v) is 1.40. The standard InChI is InChI=1S/C7H11NO5/c1-4(7(11)12)6(10)8-3-5(9)13-2/h4H,3H2,1-2H3,(H,8,10)(H,11,12). The number of methoxy groups -OCH3 is 1. The molecular formula is C7H11NO5. The van der Waals surface area contributed by atoms with Crippen LogP contribution in [-0.4, -0.2) is 36.6 Å². The second kappa shape index (κ2) is 5.13. The topological polar surface area (TPSA) is 92.7 Å². The quantitative estimate of drug-likeness (QED) is 0.437. The maximum Gasteiger partial charge on any atom is 0.325 e. The minimum absolute atomic E-state index is 0.313. The van der Waals surface area contributed by atoms with Gasteiger partial charge in [-0.25, -0.2) is 0 Å². The van der Waals surface area contributed by atoms with Gasteiger partial charge in [0.15, 0.2) is 0 Å². The first-order valence-electron chi connectivity index (χ1n) is 3.56. The summed E-state index contributed by atoms with van der Waals surface area (Å²) in [6, 6.07) is 0. The van der Waals surface area contributed by atoms with Gasteiger partial charge in [-0.2, -0.15) is 0 Å². The van der Waals surface area contributed by atoms with Crippen LogP contribution in [0.2, 0.25) is 0 Å². The zero-order valence-electron chi connectivity index (χ0n) is 7.36. The summed E-state index contributed by atoms with van der Waals surface area (Å²) in [5.74, 6) is -3.73. The number of hydrogen-bond donors (Lipinski definition) is 2. The van der Waals surface area contributed by atoms with Crippen LogP contribution < -0.4 is 5.32 Å². The number of carbonyl (C=O) groups excluding carboxylic acids is 2. The molecular weight excluding hydrogens is 178 g/mol. The second-order valence-electron chi connectivity index (χ2n) is 2.35. The van der Waals surface area contributed by atoms with E-state index in [-0.39, 0.29) is 6.54 Å². The summed E-state index contributed by atoms with van der Waals surface area (Å²) in [5.41, 5.74) is 0. The van der Waals surface area contributed by atoms with Gasteiger partial charge >= 0.3 is 11.9 Å². The molecule has 13 heavy (non-hydrogen) atoms. The van der Waals surface area contributed by atoms with Crippen molar-refractivity contribution in [2.75, 3.05) is 13.7 Å². The lowest BCUT2D eigenvalue weighted by molar-refractivity contribution is -0.148. The van der Waals surface area contributed by atoms with Gasteiger partial charge in [-0.1, -0.05) is 0 Å². The molecule has 0 saturated heterocycles. The van der Waals surface area contributed by atoms with Crippen molar-refractivity contribution in [2.24, 2.45) is 5.92 Å². The van der Waals surface area contributed by atoms with Gasteiger partial charge in [0.1, 0.15) is 12.5 Å². The minimum atomic E-state index is -1.23. The van der Waals surface area contributed by atoms with Gasteiger partial charge in [-0.15, -0.1) is 0 Å². The first-order valence-corrected chi connectivity index (χ1v) is 3.56. The number of carbonyl (C=O) groups is 3. The number of esters is 1. The van der Waals surface area contributed by atoms with Gasteiger partial charge in [0, 0.05) is 0 Å². The van der Waals surface area contributed by atoms with Gasteiger partial charge in [-0.3, -0.25) is 14.4 Å². The minimum Gasteiger partial charge on any atom is -0.481 e. The molecule has 1 amide bonds. The van der Waals surface area contributed by atoms with Crippen molar-refractivity contribution < 1.29 is 24.2 Å². The normalized spacial score (nSPS) is 11.5. The van der Waals surface area contributed by atoms with Gasteiger partial charge < -0.3 is 15.2 Å². The van der Waals surface area contributed by atoms with Crippen molar-refractivity contribution in [1.82, 2.24) is 5.32 Å². The highest BCUT2D eigenvalue weighted by molar-refractivity contribution is 5.97. The van der Waals surface area contributed by atoms with Crippen LogP contribution in [0.3, 0.4) is 0 Å². The van der Waals surface area contributed by atoms with Crippen molar-refractivity contribution in [2.45, 2.75) is 6.92 Å². The van der Waals surface area contributed by atoms with E-state index >= 15 is 0 Å². The Morgan fingerprint density at radius 2 is 2.00 bits per heavy atom. The molecule has 0 aromatic heterocycles. The summed E-state index contributed by atoms with van der Waals surface area (Å²) in [5, 5.41) is 10.5. The predicted molar refractivity (Wildman–Crippen MR) is 41.8 cm³/mol. The Labute approximate surface area is 74.9 Å². The number of carboxylic acid groups (broad SMARTS) is 1. The molecule has 0 aliphatic carbocycles. The van der Waals surface area contributed by atoms with Crippen LogP contribution in [0.5, 0.6) is 0 Å². The molecule has 1 unspecified atom stereocenters. The van der Waals surface area contributed by atoms with Crippen molar-refractivity contribution in [3.63, 3.8) is 0 Å². The third kappa shape index (κ3) is 4.09. The van der Waals surface area contributed by atoms with Crippen LogP contribution in [0, 0.1) is 5.92 Å². The van der Waals surface area contributed by atoms with Gasteiger partial charge in [0.05, 0.1) is 7.11 Å². The number of nitrogens with one attached hydrogen (secondary N) is 1. The average molecular weight is 189 g/mol. The molecule has 0 rings (SSSR count). The van der Waals surface area contributed by atoms with E-state index in [2.05, 4.69) is 10.1 Å². The van der Waals surface area contributed by atoms with Crippen LogP contribution in [0.4, 0.5) is 0 Å². The number of hydrogen-bond acceptors (Lipinski definition) is 4. The zero-order chi connectivity index (χ0) is 10.4. The molecule has 6 heteroatoms. The summed E-state index contributed by atoms with van der Waals surface area (Å²) in [7, 11) is 1.18. The molecule has 0 saturated carbocycles. The average Bonchev–Trinajstić information content (AvgIpc) is 2.11. The van der Waals surface area contributed by atoms with E-state index in [1.54, 1.807) is 0 Å².